The van der Waals surface area contributed by atoms with Gasteiger partial charge in [-0.1, -0.05) is 25.1 Å². The van der Waals surface area contributed by atoms with E-state index in [4.69, 9.17) is 4.74 Å². The Morgan fingerprint density at radius 1 is 1.35 bits per heavy atom. The number of rotatable bonds is 4. The van der Waals surface area contributed by atoms with E-state index in [0.717, 1.165) is 24.4 Å². The predicted octanol–water partition coefficient (Wildman–Crippen LogP) is 2.79. The van der Waals surface area contributed by atoms with Gasteiger partial charge in [0.05, 0.1) is 18.2 Å². The molecule has 5 heteroatoms. The molecule has 0 aliphatic carbocycles. The van der Waals surface area contributed by atoms with E-state index in [1.54, 1.807) is 17.8 Å². The van der Waals surface area contributed by atoms with E-state index >= 15 is 0 Å². The zero-order chi connectivity index (χ0) is 14.5. The summed E-state index contributed by atoms with van der Waals surface area (Å²) in [5, 5.41) is 1.07. The molecule has 0 aromatic rings. The van der Waals surface area contributed by atoms with Crippen LogP contribution >= 0.6 is 11.8 Å². The second-order valence-corrected chi connectivity index (χ2v) is 6.40. The summed E-state index contributed by atoms with van der Waals surface area (Å²) in [4.78, 5) is 17.8. The van der Waals surface area contributed by atoms with Gasteiger partial charge in [0.15, 0.2) is 0 Å². The standard InChI is InChI=1S/C15H24N2O2S/c1-4-5-6-17-12(2)13(3)20-15(17)11-14(18)16-7-9-19-10-8-16/h11H,4-10H2,1-3H3. The maximum Gasteiger partial charge on any atom is 0.249 e. The third-order valence-corrected chi connectivity index (χ3v) is 4.89. The van der Waals surface area contributed by atoms with Crippen molar-refractivity contribution in [1.82, 2.24) is 9.80 Å². The average molecular weight is 296 g/mol. The summed E-state index contributed by atoms with van der Waals surface area (Å²) < 4.78 is 5.29. The lowest BCUT2D eigenvalue weighted by Gasteiger charge is -2.27. The minimum absolute atomic E-state index is 0.111. The first kappa shape index (κ1) is 15.4. The van der Waals surface area contributed by atoms with E-state index in [9.17, 15) is 4.79 Å². The molecule has 0 N–H and O–H groups in total. The Morgan fingerprint density at radius 2 is 2.05 bits per heavy atom. The van der Waals surface area contributed by atoms with Gasteiger partial charge in [-0.15, -0.1) is 0 Å². The minimum atomic E-state index is 0.111. The summed E-state index contributed by atoms with van der Waals surface area (Å²) in [5.74, 6) is 0.111. The molecule has 2 rings (SSSR count). The van der Waals surface area contributed by atoms with Crippen molar-refractivity contribution in [3.05, 3.63) is 21.7 Å². The van der Waals surface area contributed by atoms with Crippen molar-refractivity contribution in [2.75, 3.05) is 32.8 Å². The fraction of sp³-hybridized carbons (Fsp3) is 0.667. The normalized spacial score (nSPS) is 22.1. The highest BCUT2D eigenvalue weighted by Crippen LogP contribution is 2.40. The predicted molar refractivity (Wildman–Crippen MR) is 83.1 cm³/mol. The molecule has 112 valence electrons. The molecule has 0 bridgehead atoms. The topological polar surface area (TPSA) is 32.8 Å². The molecule has 0 saturated carbocycles. The fourth-order valence-corrected chi connectivity index (χ4v) is 3.39. The average Bonchev–Trinajstić information content (AvgIpc) is 2.72. The van der Waals surface area contributed by atoms with Gasteiger partial charge in [0.2, 0.25) is 5.91 Å². The van der Waals surface area contributed by atoms with Gasteiger partial charge in [-0.2, -0.15) is 0 Å². The van der Waals surface area contributed by atoms with E-state index in [2.05, 4.69) is 25.7 Å². The molecular formula is C15H24N2O2S. The largest absolute Gasteiger partial charge is 0.378 e. The highest BCUT2D eigenvalue weighted by molar-refractivity contribution is 8.06. The van der Waals surface area contributed by atoms with Gasteiger partial charge in [0.25, 0.3) is 0 Å². The first-order valence-electron chi connectivity index (χ1n) is 7.34. The Hall–Kier alpha value is -0.940. The monoisotopic (exact) mass is 296 g/mol. The molecule has 1 saturated heterocycles. The highest BCUT2D eigenvalue weighted by atomic mass is 32.2. The number of hydrogen-bond acceptors (Lipinski definition) is 4. The Labute approximate surface area is 125 Å². The molecule has 0 unspecified atom stereocenters. The van der Waals surface area contributed by atoms with Gasteiger partial charge in [-0.05, 0) is 20.3 Å². The highest BCUT2D eigenvalue weighted by Gasteiger charge is 2.24. The van der Waals surface area contributed by atoms with Gasteiger partial charge >= 0.3 is 0 Å². The lowest BCUT2D eigenvalue weighted by molar-refractivity contribution is -0.130. The molecule has 1 amide bonds. The molecule has 0 radical (unpaired) electrons. The van der Waals surface area contributed by atoms with Gasteiger partial charge in [-0.25, -0.2) is 0 Å². The first-order chi connectivity index (χ1) is 9.63. The van der Waals surface area contributed by atoms with E-state index in [1.165, 1.54) is 10.6 Å². The van der Waals surface area contributed by atoms with Crippen LogP contribution in [0.1, 0.15) is 33.6 Å². The van der Waals surface area contributed by atoms with Gasteiger partial charge < -0.3 is 14.5 Å². The molecule has 0 aromatic carbocycles. The number of carbonyl (C=O) groups excluding carboxylic acids is 1. The lowest BCUT2D eigenvalue weighted by atomic mass is 10.3. The summed E-state index contributed by atoms with van der Waals surface area (Å²) in [5.41, 5.74) is 1.28. The molecule has 4 nitrogen and oxygen atoms in total. The minimum Gasteiger partial charge on any atom is -0.378 e. The summed E-state index contributed by atoms with van der Waals surface area (Å²) in [6.45, 7) is 10.2. The van der Waals surface area contributed by atoms with Crippen LogP contribution in [0, 0.1) is 0 Å². The Balaban J connectivity index is 2.05. The van der Waals surface area contributed by atoms with Gasteiger partial charge in [0, 0.05) is 36.3 Å². The summed E-state index contributed by atoms with van der Waals surface area (Å²) >= 11 is 1.71. The van der Waals surface area contributed by atoms with Gasteiger partial charge in [-0.3, -0.25) is 4.79 Å². The van der Waals surface area contributed by atoms with Crippen LogP contribution in [0.15, 0.2) is 21.7 Å². The number of amides is 1. The summed E-state index contributed by atoms with van der Waals surface area (Å²) in [7, 11) is 0. The molecule has 2 aliphatic rings. The van der Waals surface area contributed by atoms with E-state index < -0.39 is 0 Å². The van der Waals surface area contributed by atoms with Crippen LogP contribution in [0.5, 0.6) is 0 Å². The number of nitrogens with zero attached hydrogens (tertiary/aromatic N) is 2. The molecule has 0 aromatic heterocycles. The van der Waals surface area contributed by atoms with Gasteiger partial charge in [0.1, 0.15) is 0 Å². The van der Waals surface area contributed by atoms with Crippen molar-refractivity contribution in [3.8, 4) is 0 Å². The van der Waals surface area contributed by atoms with Crippen LogP contribution in [0.4, 0.5) is 0 Å². The third kappa shape index (κ3) is 3.58. The molecule has 2 aliphatic heterocycles. The molecule has 1 fully saturated rings. The second kappa shape index (κ2) is 7.18. The van der Waals surface area contributed by atoms with E-state index in [-0.39, 0.29) is 5.91 Å². The van der Waals surface area contributed by atoms with Crippen LogP contribution in [0.25, 0.3) is 0 Å². The Bertz CT molecular complexity index is 426. The number of thioether (sulfide) groups is 1. The Morgan fingerprint density at radius 3 is 2.70 bits per heavy atom. The van der Waals surface area contributed by atoms with Crippen LogP contribution in [0.2, 0.25) is 0 Å². The first-order valence-corrected chi connectivity index (χ1v) is 8.16. The van der Waals surface area contributed by atoms with Crippen LogP contribution in [-0.4, -0.2) is 48.6 Å². The summed E-state index contributed by atoms with van der Waals surface area (Å²) in [6.07, 6.45) is 4.11. The molecule has 0 spiro atoms. The maximum atomic E-state index is 12.3. The van der Waals surface area contributed by atoms with E-state index in [0.29, 0.717) is 26.3 Å². The van der Waals surface area contributed by atoms with E-state index in [1.807, 2.05) is 4.90 Å². The number of unbranched alkanes of at least 4 members (excludes halogenated alkanes) is 1. The number of hydrogen-bond donors (Lipinski definition) is 0. The van der Waals surface area contributed by atoms with Crippen LogP contribution < -0.4 is 0 Å². The van der Waals surface area contributed by atoms with Crippen molar-refractivity contribution in [3.63, 3.8) is 0 Å². The van der Waals surface area contributed by atoms with Crippen molar-refractivity contribution < 1.29 is 9.53 Å². The zero-order valence-corrected chi connectivity index (χ0v) is 13.5. The van der Waals surface area contributed by atoms with Crippen molar-refractivity contribution in [2.45, 2.75) is 33.6 Å². The van der Waals surface area contributed by atoms with Crippen molar-refractivity contribution in [1.29, 1.82) is 0 Å². The number of carbonyl (C=O) groups is 1. The van der Waals surface area contributed by atoms with Crippen molar-refractivity contribution >= 4 is 17.7 Å². The van der Waals surface area contributed by atoms with Crippen molar-refractivity contribution in [2.24, 2.45) is 0 Å². The Kier molecular flexibility index (Phi) is 5.54. The van der Waals surface area contributed by atoms with Crippen LogP contribution in [-0.2, 0) is 9.53 Å². The molecule has 0 atom stereocenters. The summed E-state index contributed by atoms with van der Waals surface area (Å²) in [6, 6.07) is 0. The zero-order valence-electron chi connectivity index (χ0n) is 12.6. The maximum absolute atomic E-state index is 12.3. The number of allylic oxidation sites excluding steroid dienone is 2. The van der Waals surface area contributed by atoms with Crippen LogP contribution in [0.3, 0.4) is 0 Å². The smallest absolute Gasteiger partial charge is 0.249 e. The third-order valence-electron chi connectivity index (χ3n) is 3.74. The molecule has 2 heterocycles. The quantitative estimate of drug-likeness (QED) is 0.747. The SMILES string of the molecule is CCCCN1C(=CC(=O)N2CCOCC2)SC(C)=C1C. The number of ether oxygens (including phenoxy) is 1. The number of morpholine rings is 1. The molecular weight excluding hydrogens is 272 g/mol. The molecule has 20 heavy (non-hydrogen) atoms. The lowest BCUT2D eigenvalue weighted by Crippen LogP contribution is -2.40. The second-order valence-electron chi connectivity index (χ2n) is 5.17. The fourth-order valence-electron chi connectivity index (χ4n) is 2.32.